The lowest BCUT2D eigenvalue weighted by molar-refractivity contribution is -0.124. The van der Waals surface area contributed by atoms with Gasteiger partial charge in [0.05, 0.1) is 21.6 Å². The molecule has 0 bridgehead atoms. The second-order valence-corrected chi connectivity index (χ2v) is 7.73. The van der Waals surface area contributed by atoms with E-state index in [4.69, 9.17) is 16.9 Å². The summed E-state index contributed by atoms with van der Waals surface area (Å²) < 4.78 is 21.8. The third-order valence-corrected chi connectivity index (χ3v) is 5.43. The highest BCUT2D eigenvalue weighted by atomic mass is 35.5. The number of halogens is 1. The van der Waals surface area contributed by atoms with Crippen LogP contribution in [0, 0.1) is 18.3 Å². The van der Waals surface area contributed by atoms with E-state index in [9.17, 15) is 23.1 Å². The molecule has 0 aromatic heterocycles. The number of aliphatic hydroxyl groups excluding tert-OH is 1. The number of hydrogen-bond acceptors (Lipinski definition) is 7. The lowest BCUT2D eigenvalue weighted by Crippen LogP contribution is -2.52. The Balaban J connectivity index is 2.08. The van der Waals surface area contributed by atoms with Crippen molar-refractivity contribution in [3.63, 3.8) is 0 Å². The average Bonchev–Trinajstić information content (AvgIpc) is 2.72. The molecule has 0 unspecified atom stereocenters. The molecule has 9 nitrogen and oxygen atoms in total. The Hall–Kier alpha value is -3.13. The Kier molecular flexibility index (Phi) is 7.77. The number of carbonyl (C=O) groups excluding carboxylic acids is 2. The molecule has 0 heterocycles. The molecular weight excluding hydrogens is 432 g/mol. The molecule has 0 fully saturated rings. The van der Waals surface area contributed by atoms with Gasteiger partial charge in [0.25, 0.3) is 11.8 Å². The molecule has 0 saturated carbocycles. The first-order valence-corrected chi connectivity index (χ1v) is 10.2. The van der Waals surface area contributed by atoms with Crippen LogP contribution in [0.15, 0.2) is 41.3 Å². The zero-order valence-electron chi connectivity index (χ0n) is 16.0. The molecule has 30 heavy (non-hydrogen) atoms. The highest BCUT2D eigenvalue weighted by Gasteiger charge is 2.25. The van der Waals surface area contributed by atoms with Crippen LogP contribution in [0.2, 0.25) is 5.02 Å². The van der Waals surface area contributed by atoms with Crippen molar-refractivity contribution < 1.29 is 23.1 Å². The standard InChI is InChI=1S/C19H19ClN4O5S/c1-10-15(8-5-13(9-21)16(10)20)22-17(11(2)25)19(27)24-23-18(26)12-3-6-14(7-4-12)30(28)29/h3-8,11,17,22,25,30H,1-2H3,(H,23,26)(H,24,27)/t11-,17+/m0/s1. The molecule has 0 spiro atoms. The summed E-state index contributed by atoms with van der Waals surface area (Å²) in [6, 6.07) is 8.98. The van der Waals surface area contributed by atoms with Crippen LogP contribution in [0.4, 0.5) is 5.69 Å². The van der Waals surface area contributed by atoms with Crippen LogP contribution in [0.3, 0.4) is 0 Å². The maximum atomic E-state index is 12.5. The van der Waals surface area contributed by atoms with Crippen molar-refractivity contribution in [3.05, 3.63) is 58.1 Å². The summed E-state index contributed by atoms with van der Waals surface area (Å²) >= 11 is 6.12. The van der Waals surface area contributed by atoms with Crippen molar-refractivity contribution in [1.29, 1.82) is 5.26 Å². The Bertz CT molecular complexity index is 1070. The van der Waals surface area contributed by atoms with E-state index < -0.39 is 34.7 Å². The third-order valence-electron chi connectivity index (χ3n) is 4.22. The number of hydrazine groups is 1. The minimum atomic E-state index is -2.76. The number of anilines is 1. The van der Waals surface area contributed by atoms with Gasteiger partial charge in [-0.3, -0.25) is 20.4 Å². The largest absolute Gasteiger partial charge is 0.391 e. The maximum absolute atomic E-state index is 12.5. The van der Waals surface area contributed by atoms with Gasteiger partial charge in [0.2, 0.25) is 0 Å². The SMILES string of the molecule is Cc1c(N[C@@H](C(=O)NNC(=O)c2ccc([SH](=O)=O)cc2)[C@H](C)O)ccc(C#N)c1Cl. The first-order valence-electron chi connectivity index (χ1n) is 8.64. The molecule has 2 aromatic rings. The summed E-state index contributed by atoms with van der Waals surface area (Å²) in [6.07, 6.45) is -1.14. The van der Waals surface area contributed by atoms with Crippen LogP contribution in [-0.4, -0.2) is 37.5 Å². The minimum absolute atomic E-state index is 0.0559. The zero-order valence-corrected chi connectivity index (χ0v) is 17.6. The highest BCUT2D eigenvalue weighted by molar-refractivity contribution is 7.72. The van der Waals surface area contributed by atoms with Gasteiger partial charge >= 0.3 is 0 Å². The molecule has 2 aromatic carbocycles. The van der Waals surface area contributed by atoms with E-state index in [0.717, 1.165) is 0 Å². The van der Waals surface area contributed by atoms with E-state index in [-0.39, 0.29) is 21.0 Å². The van der Waals surface area contributed by atoms with Gasteiger partial charge in [-0.25, -0.2) is 8.42 Å². The molecule has 158 valence electrons. The molecule has 2 amide bonds. The van der Waals surface area contributed by atoms with Crippen LogP contribution in [0.5, 0.6) is 0 Å². The first-order chi connectivity index (χ1) is 14.1. The number of nitrogens with one attached hydrogen (secondary N) is 3. The fourth-order valence-electron chi connectivity index (χ4n) is 2.50. The van der Waals surface area contributed by atoms with Crippen molar-refractivity contribution in [2.24, 2.45) is 0 Å². The topological polar surface area (TPSA) is 148 Å². The monoisotopic (exact) mass is 450 g/mol. The van der Waals surface area contributed by atoms with Crippen molar-refractivity contribution in [3.8, 4) is 6.07 Å². The summed E-state index contributed by atoms with van der Waals surface area (Å²) in [5.74, 6) is -1.39. The number of carbonyl (C=O) groups is 2. The first kappa shape index (κ1) is 23.2. The molecule has 2 rings (SSSR count). The number of hydrogen-bond donors (Lipinski definition) is 5. The molecule has 0 aliphatic heterocycles. The summed E-state index contributed by atoms with van der Waals surface area (Å²) in [6.45, 7) is 3.05. The predicted octanol–water partition coefficient (Wildman–Crippen LogP) is 1.11. The van der Waals surface area contributed by atoms with Crippen molar-refractivity contribution in [1.82, 2.24) is 10.9 Å². The number of aliphatic hydroxyl groups is 1. The molecular formula is C19H19ClN4O5S. The van der Waals surface area contributed by atoms with Crippen LogP contribution < -0.4 is 16.2 Å². The summed E-state index contributed by atoms with van der Waals surface area (Å²) in [5.41, 5.74) is 5.78. The van der Waals surface area contributed by atoms with Gasteiger partial charge < -0.3 is 10.4 Å². The summed E-state index contributed by atoms with van der Waals surface area (Å²) in [7, 11) is -2.76. The van der Waals surface area contributed by atoms with Gasteiger partial charge in [-0.2, -0.15) is 5.26 Å². The predicted molar refractivity (Wildman–Crippen MR) is 111 cm³/mol. The van der Waals surface area contributed by atoms with Crippen LogP contribution in [0.1, 0.15) is 28.4 Å². The van der Waals surface area contributed by atoms with Crippen molar-refractivity contribution >= 4 is 39.8 Å². The summed E-state index contributed by atoms with van der Waals surface area (Å²) in [5, 5.41) is 22.1. The fraction of sp³-hybridized carbons (Fsp3) is 0.211. The number of nitrogens with zero attached hydrogens (tertiary/aromatic N) is 1. The summed E-state index contributed by atoms with van der Waals surface area (Å²) in [4.78, 5) is 24.7. The van der Waals surface area contributed by atoms with E-state index in [1.807, 2.05) is 6.07 Å². The van der Waals surface area contributed by atoms with Crippen LogP contribution >= 0.6 is 11.6 Å². The molecule has 0 aliphatic carbocycles. The van der Waals surface area contributed by atoms with Crippen LogP contribution in [-0.2, 0) is 15.5 Å². The highest BCUT2D eigenvalue weighted by Crippen LogP contribution is 2.27. The van der Waals surface area contributed by atoms with Gasteiger partial charge in [-0.05, 0) is 55.8 Å². The second kappa shape index (κ2) is 10.1. The van der Waals surface area contributed by atoms with E-state index in [1.165, 1.54) is 37.3 Å². The molecule has 0 aliphatic rings. The van der Waals surface area contributed by atoms with E-state index >= 15 is 0 Å². The van der Waals surface area contributed by atoms with E-state index in [1.54, 1.807) is 13.0 Å². The second-order valence-electron chi connectivity index (χ2n) is 6.32. The quantitative estimate of drug-likeness (QED) is 0.327. The Morgan fingerprint density at radius 3 is 2.30 bits per heavy atom. The number of rotatable bonds is 6. The molecule has 0 saturated heterocycles. The van der Waals surface area contributed by atoms with E-state index in [2.05, 4.69) is 16.2 Å². The minimum Gasteiger partial charge on any atom is -0.391 e. The smallest absolute Gasteiger partial charge is 0.269 e. The van der Waals surface area contributed by atoms with Gasteiger partial charge in [0.1, 0.15) is 12.1 Å². The fourth-order valence-corrected chi connectivity index (χ4v) is 3.10. The van der Waals surface area contributed by atoms with Gasteiger partial charge in [0.15, 0.2) is 10.7 Å². The third kappa shape index (κ3) is 5.48. The molecule has 2 atom stereocenters. The van der Waals surface area contributed by atoms with Crippen molar-refractivity contribution in [2.45, 2.75) is 30.9 Å². The van der Waals surface area contributed by atoms with Gasteiger partial charge in [-0.1, -0.05) is 11.6 Å². The van der Waals surface area contributed by atoms with Crippen LogP contribution in [0.25, 0.3) is 0 Å². The molecule has 4 N–H and O–H groups in total. The van der Waals surface area contributed by atoms with Crippen molar-refractivity contribution in [2.75, 3.05) is 5.32 Å². The number of thiol groups is 1. The number of amides is 2. The zero-order chi connectivity index (χ0) is 22.4. The number of nitriles is 1. The maximum Gasteiger partial charge on any atom is 0.269 e. The lowest BCUT2D eigenvalue weighted by Gasteiger charge is -2.23. The Labute approximate surface area is 179 Å². The van der Waals surface area contributed by atoms with E-state index in [0.29, 0.717) is 11.3 Å². The lowest BCUT2D eigenvalue weighted by atomic mass is 10.1. The Morgan fingerprint density at radius 2 is 1.77 bits per heavy atom. The molecule has 11 heteroatoms. The van der Waals surface area contributed by atoms with Gasteiger partial charge in [0, 0.05) is 11.3 Å². The number of benzene rings is 2. The average molecular weight is 451 g/mol. The molecule has 0 radical (unpaired) electrons. The normalized spacial score (nSPS) is 12.5. The van der Waals surface area contributed by atoms with Gasteiger partial charge in [-0.15, -0.1) is 0 Å². The Morgan fingerprint density at radius 1 is 1.13 bits per heavy atom.